The fraction of sp³-hybridized carbons (Fsp3) is 0.250. The van der Waals surface area contributed by atoms with E-state index in [9.17, 15) is 0 Å². The molecule has 1 aromatic heterocycles. The lowest BCUT2D eigenvalue weighted by Gasteiger charge is -2.06. The first-order chi connectivity index (χ1) is 7.27. The molecule has 0 amide bonds. The SMILES string of the molecule is N[C@@H]1C[C@H]1c1c(Cl)ccc2cccnc12. The number of halogens is 1. The third kappa shape index (κ3) is 1.41. The number of hydrogen-bond acceptors (Lipinski definition) is 2. The van der Waals surface area contributed by atoms with Crippen molar-refractivity contribution in [3.8, 4) is 0 Å². The van der Waals surface area contributed by atoms with Crippen LogP contribution in [0.25, 0.3) is 10.9 Å². The Morgan fingerprint density at radius 3 is 2.87 bits per heavy atom. The molecule has 2 aromatic rings. The summed E-state index contributed by atoms with van der Waals surface area (Å²) in [5.74, 6) is 0.399. The predicted molar refractivity (Wildman–Crippen MR) is 62.1 cm³/mol. The Labute approximate surface area is 93.1 Å². The minimum Gasteiger partial charge on any atom is -0.327 e. The predicted octanol–water partition coefficient (Wildman–Crippen LogP) is 2.70. The number of aromatic nitrogens is 1. The molecule has 3 rings (SSSR count). The zero-order valence-electron chi connectivity index (χ0n) is 8.15. The third-order valence-electron chi connectivity index (χ3n) is 2.97. The van der Waals surface area contributed by atoms with Crippen molar-refractivity contribution < 1.29 is 0 Å². The molecule has 0 spiro atoms. The first-order valence-corrected chi connectivity index (χ1v) is 5.44. The van der Waals surface area contributed by atoms with Gasteiger partial charge in [0.2, 0.25) is 0 Å². The normalized spacial score (nSPS) is 24.4. The molecule has 0 unspecified atom stereocenters. The first-order valence-electron chi connectivity index (χ1n) is 5.06. The van der Waals surface area contributed by atoms with Crippen LogP contribution < -0.4 is 5.73 Å². The summed E-state index contributed by atoms with van der Waals surface area (Å²) in [6.07, 6.45) is 2.82. The molecule has 1 fully saturated rings. The molecule has 0 radical (unpaired) electrons. The number of hydrogen-bond donors (Lipinski definition) is 1. The Morgan fingerprint density at radius 1 is 1.33 bits per heavy atom. The van der Waals surface area contributed by atoms with E-state index < -0.39 is 0 Å². The molecular formula is C12H11ClN2. The molecule has 0 saturated heterocycles. The van der Waals surface area contributed by atoms with Gasteiger partial charge >= 0.3 is 0 Å². The van der Waals surface area contributed by atoms with E-state index >= 15 is 0 Å². The molecule has 0 bridgehead atoms. The van der Waals surface area contributed by atoms with Gasteiger partial charge in [-0.1, -0.05) is 23.7 Å². The summed E-state index contributed by atoms with van der Waals surface area (Å²) in [4.78, 5) is 4.40. The monoisotopic (exact) mass is 218 g/mol. The molecule has 1 aromatic carbocycles. The highest BCUT2D eigenvalue weighted by atomic mass is 35.5. The maximum Gasteiger partial charge on any atom is 0.0752 e. The van der Waals surface area contributed by atoms with E-state index in [0.29, 0.717) is 5.92 Å². The highest BCUT2D eigenvalue weighted by Crippen LogP contribution is 2.44. The minimum atomic E-state index is 0.259. The molecule has 76 valence electrons. The van der Waals surface area contributed by atoms with Crippen LogP contribution in [-0.2, 0) is 0 Å². The molecule has 2 N–H and O–H groups in total. The summed E-state index contributed by atoms with van der Waals surface area (Å²) in [7, 11) is 0. The lowest BCUT2D eigenvalue weighted by atomic mass is 10.1. The summed E-state index contributed by atoms with van der Waals surface area (Å²) < 4.78 is 0. The summed E-state index contributed by atoms with van der Waals surface area (Å²) in [6.45, 7) is 0. The summed E-state index contributed by atoms with van der Waals surface area (Å²) >= 11 is 6.21. The topological polar surface area (TPSA) is 38.9 Å². The average Bonchev–Trinajstić information content (AvgIpc) is 2.95. The molecule has 2 atom stereocenters. The van der Waals surface area contributed by atoms with Gasteiger partial charge < -0.3 is 5.73 Å². The van der Waals surface area contributed by atoms with Crippen molar-refractivity contribution in [2.75, 3.05) is 0 Å². The molecule has 1 heterocycles. The van der Waals surface area contributed by atoms with Crippen LogP contribution in [0, 0.1) is 0 Å². The van der Waals surface area contributed by atoms with Crippen molar-refractivity contribution in [2.45, 2.75) is 18.4 Å². The van der Waals surface area contributed by atoms with Crippen LogP contribution in [0.3, 0.4) is 0 Å². The van der Waals surface area contributed by atoms with E-state index in [1.165, 1.54) is 0 Å². The van der Waals surface area contributed by atoms with Crippen LogP contribution in [0.2, 0.25) is 5.02 Å². The van der Waals surface area contributed by atoms with Crippen LogP contribution >= 0.6 is 11.6 Å². The number of nitrogens with zero attached hydrogens (tertiary/aromatic N) is 1. The fourth-order valence-electron chi connectivity index (χ4n) is 2.04. The summed E-state index contributed by atoms with van der Waals surface area (Å²) in [6, 6.07) is 8.19. The minimum absolute atomic E-state index is 0.259. The van der Waals surface area contributed by atoms with Crippen molar-refractivity contribution in [1.82, 2.24) is 4.98 Å². The second-order valence-corrected chi connectivity index (χ2v) is 4.45. The first kappa shape index (κ1) is 9.13. The van der Waals surface area contributed by atoms with E-state index in [2.05, 4.69) is 11.1 Å². The van der Waals surface area contributed by atoms with Gasteiger partial charge in [-0.25, -0.2) is 0 Å². The van der Waals surface area contributed by atoms with Gasteiger partial charge in [0.05, 0.1) is 5.52 Å². The maximum absolute atomic E-state index is 6.21. The van der Waals surface area contributed by atoms with Gasteiger partial charge in [-0.15, -0.1) is 0 Å². The van der Waals surface area contributed by atoms with Gasteiger partial charge in [0.1, 0.15) is 0 Å². The molecule has 2 nitrogen and oxygen atoms in total. The van der Waals surface area contributed by atoms with Crippen LogP contribution in [0.4, 0.5) is 0 Å². The summed E-state index contributed by atoms with van der Waals surface area (Å²) in [5, 5.41) is 1.93. The third-order valence-corrected chi connectivity index (χ3v) is 3.30. The molecule has 0 aliphatic heterocycles. The van der Waals surface area contributed by atoms with E-state index in [1.54, 1.807) is 6.20 Å². The van der Waals surface area contributed by atoms with Gasteiger partial charge in [0.25, 0.3) is 0 Å². The maximum atomic E-state index is 6.21. The number of benzene rings is 1. The van der Waals surface area contributed by atoms with Gasteiger partial charge in [-0.3, -0.25) is 4.98 Å². The van der Waals surface area contributed by atoms with Crippen LogP contribution in [0.1, 0.15) is 17.9 Å². The molecule has 3 heteroatoms. The number of rotatable bonds is 1. The Balaban J connectivity index is 2.29. The second kappa shape index (κ2) is 3.19. The average molecular weight is 219 g/mol. The Hall–Kier alpha value is -1.12. The Bertz CT molecular complexity index is 524. The van der Waals surface area contributed by atoms with Gasteiger partial charge in [0.15, 0.2) is 0 Å². The quantitative estimate of drug-likeness (QED) is 0.800. The van der Waals surface area contributed by atoms with E-state index in [1.807, 2.05) is 18.2 Å². The Morgan fingerprint density at radius 2 is 2.13 bits per heavy atom. The summed E-state index contributed by atoms with van der Waals surface area (Å²) in [5.41, 5.74) is 8.00. The van der Waals surface area contributed by atoms with Gasteiger partial charge in [-0.2, -0.15) is 0 Å². The zero-order chi connectivity index (χ0) is 10.4. The van der Waals surface area contributed by atoms with Crippen LogP contribution in [0.5, 0.6) is 0 Å². The number of fused-ring (bicyclic) bond motifs is 1. The zero-order valence-corrected chi connectivity index (χ0v) is 8.91. The number of pyridine rings is 1. The highest BCUT2D eigenvalue weighted by Gasteiger charge is 2.37. The fourth-order valence-corrected chi connectivity index (χ4v) is 2.34. The van der Waals surface area contributed by atoms with Crippen molar-refractivity contribution in [3.05, 3.63) is 41.0 Å². The molecule has 15 heavy (non-hydrogen) atoms. The molecule has 1 aliphatic rings. The standard InChI is InChI=1S/C12H11ClN2/c13-9-4-3-7-2-1-5-15-12(7)11(9)8-6-10(8)14/h1-5,8,10H,6,14H2/t8-,10-/m1/s1. The van der Waals surface area contributed by atoms with Gasteiger partial charge in [-0.05, 0) is 18.6 Å². The van der Waals surface area contributed by atoms with E-state index in [0.717, 1.165) is 27.9 Å². The van der Waals surface area contributed by atoms with E-state index in [-0.39, 0.29) is 6.04 Å². The second-order valence-electron chi connectivity index (χ2n) is 4.04. The largest absolute Gasteiger partial charge is 0.327 e. The molecule has 1 aliphatic carbocycles. The Kier molecular flexibility index (Phi) is 1.94. The van der Waals surface area contributed by atoms with Crippen molar-refractivity contribution in [1.29, 1.82) is 0 Å². The van der Waals surface area contributed by atoms with Crippen molar-refractivity contribution in [3.63, 3.8) is 0 Å². The smallest absolute Gasteiger partial charge is 0.0752 e. The molecule has 1 saturated carbocycles. The lowest BCUT2D eigenvalue weighted by molar-refractivity contribution is 0.994. The van der Waals surface area contributed by atoms with Gasteiger partial charge in [0, 0.05) is 34.1 Å². The van der Waals surface area contributed by atoms with Crippen LogP contribution in [-0.4, -0.2) is 11.0 Å². The van der Waals surface area contributed by atoms with Crippen molar-refractivity contribution in [2.24, 2.45) is 5.73 Å². The van der Waals surface area contributed by atoms with Crippen molar-refractivity contribution >= 4 is 22.5 Å². The van der Waals surface area contributed by atoms with E-state index in [4.69, 9.17) is 17.3 Å². The number of nitrogens with two attached hydrogens (primary N) is 1. The highest BCUT2D eigenvalue weighted by molar-refractivity contribution is 6.32. The van der Waals surface area contributed by atoms with Crippen LogP contribution in [0.15, 0.2) is 30.5 Å². The molecular weight excluding hydrogens is 208 g/mol. The lowest BCUT2D eigenvalue weighted by Crippen LogP contribution is -2.02.